The summed E-state index contributed by atoms with van der Waals surface area (Å²) in [6.07, 6.45) is 0.846. The number of halogens is 1. The molecule has 4 heteroatoms. The van der Waals surface area contributed by atoms with Gasteiger partial charge in [0.1, 0.15) is 5.75 Å². The summed E-state index contributed by atoms with van der Waals surface area (Å²) in [5.41, 5.74) is 3.46. The predicted molar refractivity (Wildman–Crippen MR) is 71.1 cm³/mol. The van der Waals surface area contributed by atoms with Crippen LogP contribution in [0.3, 0.4) is 0 Å². The maximum atomic E-state index is 10.6. The molecular weight excluding hydrogens is 284 g/mol. The van der Waals surface area contributed by atoms with E-state index in [2.05, 4.69) is 15.9 Å². The molecular formula is C13H17BrO3. The third-order valence-electron chi connectivity index (χ3n) is 2.73. The predicted octanol–water partition coefficient (Wildman–Crippen LogP) is 3.09. The van der Waals surface area contributed by atoms with Crippen LogP contribution >= 0.6 is 15.9 Å². The molecule has 0 aliphatic carbocycles. The Balaban J connectivity index is 2.87. The summed E-state index contributed by atoms with van der Waals surface area (Å²) in [6.45, 7) is 4.04. The van der Waals surface area contributed by atoms with Crippen LogP contribution in [0, 0.1) is 13.8 Å². The monoisotopic (exact) mass is 300 g/mol. The number of hydrogen-bond acceptors (Lipinski definition) is 2. The second-order valence-electron chi connectivity index (χ2n) is 4.14. The lowest BCUT2D eigenvalue weighted by molar-refractivity contribution is -0.136. The normalized spacial score (nSPS) is 12.2. The number of aryl methyl sites for hydroxylation is 2. The number of carboxylic acids is 1. The van der Waals surface area contributed by atoms with Gasteiger partial charge in [0, 0.05) is 4.83 Å². The molecule has 0 saturated carbocycles. The molecule has 1 atom stereocenters. The number of alkyl halides is 1. The van der Waals surface area contributed by atoms with Gasteiger partial charge in [-0.15, -0.1) is 0 Å². The summed E-state index contributed by atoms with van der Waals surface area (Å²) in [7, 11) is 1.64. The zero-order chi connectivity index (χ0) is 13.0. The molecule has 0 aliphatic rings. The molecule has 0 radical (unpaired) electrons. The molecule has 0 aliphatic heterocycles. The fourth-order valence-electron chi connectivity index (χ4n) is 1.88. The highest BCUT2D eigenvalue weighted by Crippen LogP contribution is 2.25. The van der Waals surface area contributed by atoms with Crippen LogP contribution in [0.15, 0.2) is 12.1 Å². The van der Waals surface area contributed by atoms with E-state index >= 15 is 0 Å². The van der Waals surface area contributed by atoms with Crippen molar-refractivity contribution in [2.75, 3.05) is 7.11 Å². The quantitative estimate of drug-likeness (QED) is 0.850. The third-order valence-corrected chi connectivity index (χ3v) is 3.37. The minimum atomic E-state index is -0.782. The molecule has 0 fully saturated rings. The molecule has 0 amide bonds. The lowest BCUT2D eigenvalue weighted by Gasteiger charge is -2.14. The number of aliphatic carboxylic acids is 1. The maximum absolute atomic E-state index is 10.6. The van der Waals surface area contributed by atoms with Crippen molar-refractivity contribution in [1.82, 2.24) is 0 Å². The minimum absolute atomic E-state index is 0.0363. The average Bonchev–Trinajstić information content (AvgIpc) is 2.22. The molecule has 3 nitrogen and oxygen atoms in total. The highest BCUT2D eigenvalue weighted by Gasteiger charge is 2.14. The van der Waals surface area contributed by atoms with Crippen molar-refractivity contribution < 1.29 is 14.6 Å². The van der Waals surface area contributed by atoms with Crippen molar-refractivity contribution in [2.24, 2.45) is 0 Å². The number of ether oxygens (including phenoxy) is 1. The first-order chi connectivity index (χ1) is 7.93. The molecule has 1 rings (SSSR count). The number of carbonyl (C=O) groups is 1. The number of hydrogen-bond donors (Lipinski definition) is 1. The van der Waals surface area contributed by atoms with Crippen molar-refractivity contribution in [2.45, 2.75) is 31.5 Å². The summed E-state index contributed by atoms with van der Waals surface area (Å²) in [5, 5.41) is 8.73. The molecule has 0 bridgehead atoms. The Morgan fingerprint density at radius 2 is 1.94 bits per heavy atom. The first-order valence-electron chi connectivity index (χ1n) is 5.44. The highest BCUT2D eigenvalue weighted by atomic mass is 79.9. The summed E-state index contributed by atoms with van der Waals surface area (Å²) in [4.78, 5) is 10.6. The van der Waals surface area contributed by atoms with Crippen molar-refractivity contribution in [3.8, 4) is 5.75 Å². The van der Waals surface area contributed by atoms with Crippen molar-refractivity contribution >= 4 is 21.9 Å². The standard InChI is InChI=1S/C13H17BrO3/c1-8-4-11(17-3)5-9(2)12(8)6-10(14)7-13(15)16/h4-5,10H,6-7H2,1-3H3,(H,15,16). The maximum Gasteiger partial charge on any atom is 0.304 e. The van der Waals surface area contributed by atoms with Gasteiger partial charge >= 0.3 is 5.97 Å². The van der Waals surface area contributed by atoms with E-state index < -0.39 is 5.97 Å². The van der Waals surface area contributed by atoms with Crippen LogP contribution in [-0.4, -0.2) is 23.0 Å². The van der Waals surface area contributed by atoms with Gasteiger partial charge in [0.15, 0.2) is 0 Å². The highest BCUT2D eigenvalue weighted by molar-refractivity contribution is 9.09. The van der Waals surface area contributed by atoms with Gasteiger partial charge in [-0.05, 0) is 49.1 Å². The van der Waals surface area contributed by atoms with E-state index in [1.54, 1.807) is 7.11 Å². The molecule has 0 saturated heterocycles. The van der Waals surface area contributed by atoms with Crippen LogP contribution in [0.5, 0.6) is 5.75 Å². The number of benzene rings is 1. The Hall–Kier alpha value is -1.03. The van der Waals surface area contributed by atoms with Crippen LogP contribution in [-0.2, 0) is 11.2 Å². The zero-order valence-corrected chi connectivity index (χ0v) is 11.9. The first-order valence-corrected chi connectivity index (χ1v) is 6.35. The fourth-order valence-corrected chi connectivity index (χ4v) is 2.48. The van der Waals surface area contributed by atoms with Crippen LogP contribution in [0.25, 0.3) is 0 Å². The fraction of sp³-hybridized carbons (Fsp3) is 0.462. The molecule has 1 N–H and O–H groups in total. The Morgan fingerprint density at radius 3 is 2.35 bits per heavy atom. The molecule has 1 aromatic rings. The molecule has 0 heterocycles. The topological polar surface area (TPSA) is 46.5 Å². The van der Waals surface area contributed by atoms with Gasteiger partial charge in [-0.2, -0.15) is 0 Å². The molecule has 0 aromatic heterocycles. The first kappa shape index (κ1) is 14.0. The number of methoxy groups -OCH3 is 1. The Morgan fingerprint density at radius 1 is 1.41 bits per heavy atom. The molecule has 94 valence electrons. The second-order valence-corrected chi connectivity index (χ2v) is 5.43. The largest absolute Gasteiger partial charge is 0.497 e. The van der Waals surface area contributed by atoms with Crippen molar-refractivity contribution in [3.63, 3.8) is 0 Å². The molecule has 17 heavy (non-hydrogen) atoms. The zero-order valence-electron chi connectivity index (χ0n) is 10.3. The summed E-state index contributed by atoms with van der Waals surface area (Å²) in [5.74, 6) is 0.0591. The summed E-state index contributed by atoms with van der Waals surface area (Å²) < 4.78 is 5.19. The van der Waals surface area contributed by atoms with Crippen LogP contribution in [0.4, 0.5) is 0 Å². The summed E-state index contributed by atoms with van der Waals surface area (Å²) >= 11 is 3.41. The van der Waals surface area contributed by atoms with Gasteiger partial charge in [-0.1, -0.05) is 15.9 Å². The van der Waals surface area contributed by atoms with Crippen molar-refractivity contribution in [3.05, 3.63) is 28.8 Å². The van der Waals surface area contributed by atoms with Gasteiger partial charge < -0.3 is 9.84 Å². The van der Waals surface area contributed by atoms with Gasteiger partial charge in [-0.25, -0.2) is 0 Å². The van der Waals surface area contributed by atoms with Crippen LogP contribution in [0.1, 0.15) is 23.1 Å². The minimum Gasteiger partial charge on any atom is -0.497 e. The SMILES string of the molecule is COc1cc(C)c(CC(Br)CC(=O)O)c(C)c1. The number of carboxylic acid groups (broad SMARTS) is 1. The van der Waals surface area contributed by atoms with E-state index in [9.17, 15) is 4.79 Å². The van der Waals surface area contributed by atoms with Gasteiger partial charge in [0.2, 0.25) is 0 Å². The van der Waals surface area contributed by atoms with E-state index in [1.807, 2.05) is 26.0 Å². The molecule has 0 spiro atoms. The van der Waals surface area contributed by atoms with Gasteiger partial charge in [-0.3, -0.25) is 4.79 Å². The Bertz CT molecular complexity index is 392. The molecule has 1 unspecified atom stereocenters. The van der Waals surface area contributed by atoms with Crippen molar-refractivity contribution in [1.29, 1.82) is 0 Å². The van der Waals surface area contributed by atoms with E-state index in [-0.39, 0.29) is 11.2 Å². The average molecular weight is 301 g/mol. The number of rotatable bonds is 5. The second kappa shape index (κ2) is 6.05. The van der Waals surface area contributed by atoms with E-state index in [0.717, 1.165) is 16.9 Å². The lowest BCUT2D eigenvalue weighted by atomic mass is 9.97. The Labute approximate surface area is 110 Å². The van der Waals surface area contributed by atoms with Gasteiger partial charge in [0.05, 0.1) is 13.5 Å². The van der Waals surface area contributed by atoms with E-state index in [4.69, 9.17) is 9.84 Å². The van der Waals surface area contributed by atoms with Crippen LogP contribution in [0.2, 0.25) is 0 Å². The van der Waals surface area contributed by atoms with E-state index in [0.29, 0.717) is 6.42 Å². The van der Waals surface area contributed by atoms with E-state index in [1.165, 1.54) is 5.56 Å². The summed E-state index contributed by atoms with van der Waals surface area (Å²) in [6, 6.07) is 3.95. The smallest absolute Gasteiger partial charge is 0.304 e. The van der Waals surface area contributed by atoms with Gasteiger partial charge in [0.25, 0.3) is 0 Å². The third kappa shape index (κ3) is 4.04. The lowest BCUT2D eigenvalue weighted by Crippen LogP contribution is -2.11. The van der Waals surface area contributed by atoms with Crippen LogP contribution < -0.4 is 4.74 Å². The molecule has 1 aromatic carbocycles. The Kier molecular flexibility index (Phi) is 5.00.